The number of ketones is 1. The second-order valence-corrected chi connectivity index (χ2v) is 16.7. The Bertz CT molecular complexity index is 700. The van der Waals surface area contributed by atoms with Gasteiger partial charge >= 0.3 is 5.97 Å². The Morgan fingerprint density at radius 3 is 2.43 bits per heavy atom. The first-order valence-electron chi connectivity index (χ1n) is 13.5. The topological polar surface area (TPSA) is 52.6 Å². The first kappa shape index (κ1) is 31.9. The largest absolute Gasteiger partial charge is 0.469 e. The van der Waals surface area contributed by atoms with E-state index in [4.69, 9.17) is 4.43 Å². The van der Waals surface area contributed by atoms with Gasteiger partial charge in [0, 0.05) is 25.2 Å². The summed E-state index contributed by atoms with van der Waals surface area (Å²) in [6.45, 7) is 14.2. The van der Waals surface area contributed by atoms with Crippen molar-refractivity contribution in [1.82, 2.24) is 0 Å². The van der Waals surface area contributed by atoms with Crippen LogP contribution < -0.4 is 0 Å². The summed E-state index contributed by atoms with van der Waals surface area (Å²) < 4.78 is 41.1. The van der Waals surface area contributed by atoms with Crippen molar-refractivity contribution < 1.29 is 27.5 Å². The van der Waals surface area contributed by atoms with Crippen molar-refractivity contribution >= 4 is 20.1 Å². The number of hydrogen-bond acceptors (Lipinski definition) is 4. The summed E-state index contributed by atoms with van der Waals surface area (Å²) in [5.41, 5.74) is 0. The van der Waals surface area contributed by atoms with Gasteiger partial charge in [-0.3, -0.25) is 9.59 Å². The molecule has 0 aliphatic heterocycles. The van der Waals surface area contributed by atoms with E-state index >= 15 is 8.78 Å². The zero-order valence-electron chi connectivity index (χ0n) is 23.4. The number of halogens is 2. The monoisotopic (exact) mass is 516 g/mol. The summed E-state index contributed by atoms with van der Waals surface area (Å²) in [5.74, 6) is -2.32. The van der Waals surface area contributed by atoms with E-state index < -0.39 is 20.3 Å². The Balaban J connectivity index is 2.75. The van der Waals surface area contributed by atoms with Crippen LogP contribution in [0, 0.1) is 17.8 Å². The fourth-order valence-electron chi connectivity index (χ4n) is 4.80. The van der Waals surface area contributed by atoms with E-state index in [2.05, 4.69) is 32.4 Å². The fraction of sp³-hybridized carbons (Fsp3) is 0.857. The predicted octanol–water partition coefficient (Wildman–Crippen LogP) is 8.11. The average molecular weight is 517 g/mol. The fourth-order valence-corrected chi connectivity index (χ4v) is 6.15. The highest BCUT2D eigenvalue weighted by atomic mass is 28.4. The zero-order chi connectivity index (χ0) is 26.9. The van der Waals surface area contributed by atoms with Crippen LogP contribution in [0.25, 0.3) is 0 Å². The van der Waals surface area contributed by atoms with Crippen molar-refractivity contribution in [3.63, 3.8) is 0 Å². The standard InChI is InChI=1S/C28H50F2O4Si/c1-9-19-28(29,30)25(34-35(7,8)27(3,4)5)17-14-16-22-21(2)20-24(31)23(22)15-12-10-11-13-18-26(32)33-6/h10,12,21-23,25H,9,11,13-20H2,1-8H3/b12-10-/t21-,22+,23-,25?/m1/s1. The summed E-state index contributed by atoms with van der Waals surface area (Å²) in [5, 5.41) is -0.131. The highest BCUT2D eigenvalue weighted by Crippen LogP contribution is 2.43. The Morgan fingerprint density at radius 2 is 1.86 bits per heavy atom. The molecule has 0 bridgehead atoms. The molecule has 7 heteroatoms. The van der Waals surface area contributed by atoms with Crippen LogP contribution in [-0.2, 0) is 18.8 Å². The molecule has 1 fully saturated rings. The summed E-state index contributed by atoms with van der Waals surface area (Å²) in [6, 6.07) is 0. The molecule has 1 rings (SSSR count). The van der Waals surface area contributed by atoms with E-state index in [0.717, 1.165) is 19.3 Å². The lowest BCUT2D eigenvalue weighted by molar-refractivity contribution is -0.140. The van der Waals surface area contributed by atoms with Gasteiger partial charge in [0.15, 0.2) is 8.32 Å². The van der Waals surface area contributed by atoms with Gasteiger partial charge in [0.1, 0.15) is 11.9 Å². The van der Waals surface area contributed by atoms with Gasteiger partial charge in [-0.1, -0.05) is 59.6 Å². The maximum Gasteiger partial charge on any atom is 0.305 e. The lowest BCUT2D eigenvalue weighted by Crippen LogP contribution is -2.49. The lowest BCUT2D eigenvalue weighted by atomic mass is 9.83. The van der Waals surface area contributed by atoms with Gasteiger partial charge in [-0.25, -0.2) is 8.78 Å². The van der Waals surface area contributed by atoms with E-state index in [1.165, 1.54) is 7.11 Å². The summed E-state index contributed by atoms with van der Waals surface area (Å²) in [7, 11) is -0.950. The van der Waals surface area contributed by atoms with Gasteiger partial charge in [0.2, 0.25) is 0 Å². The third-order valence-corrected chi connectivity index (χ3v) is 12.5. The van der Waals surface area contributed by atoms with Crippen molar-refractivity contribution in [2.75, 3.05) is 7.11 Å². The smallest absolute Gasteiger partial charge is 0.305 e. The van der Waals surface area contributed by atoms with Gasteiger partial charge in [-0.05, 0) is 62.1 Å². The molecule has 0 amide bonds. The molecular weight excluding hydrogens is 466 g/mol. The van der Waals surface area contributed by atoms with Crippen LogP contribution in [0.15, 0.2) is 12.2 Å². The molecule has 0 spiro atoms. The predicted molar refractivity (Wildman–Crippen MR) is 141 cm³/mol. The van der Waals surface area contributed by atoms with Gasteiger partial charge in [-0.2, -0.15) is 0 Å². The summed E-state index contributed by atoms with van der Waals surface area (Å²) >= 11 is 0. The molecule has 35 heavy (non-hydrogen) atoms. The van der Waals surface area contributed by atoms with Crippen molar-refractivity contribution in [2.24, 2.45) is 17.8 Å². The molecule has 4 atom stereocenters. The van der Waals surface area contributed by atoms with Crippen LogP contribution in [0.1, 0.15) is 98.8 Å². The Labute approximate surface area is 213 Å². The normalized spacial score (nSPS) is 22.7. The van der Waals surface area contributed by atoms with Crippen LogP contribution in [-0.4, -0.2) is 39.2 Å². The minimum atomic E-state index is -2.84. The molecule has 0 saturated heterocycles. The SMILES string of the molecule is CCCC(F)(F)C(CCC[C@H]1[C@H](C)CC(=O)[C@@H]1C/C=C\CCCC(=O)OC)O[Si](C)(C)C(C)(C)C. The van der Waals surface area contributed by atoms with Crippen LogP contribution in [0.5, 0.6) is 0 Å². The minimum Gasteiger partial charge on any atom is -0.469 e. The van der Waals surface area contributed by atoms with E-state index in [0.29, 0.717) is 38.5 Å². The molecular formula is C28H50F2O4Si. The first-order valence-corrected chi connectivity index (χ1v) is 16.4. The van der Waals surface area contributed by atoms with E-state index in [-0.39, 0.29) is 41.0 Å². The molecule has 204 valence electrons. The summed E-state index contributed by atoms with van der Waals surface area (Å²) in [6.07, 6.45) is 8.16. The number of methoxy groups -OCH3 is 1. The summed E-state index contributed by atoms with van der Waals surface area (Å²) in [4.78, 5) is 23.9. The van der Waals surface area contributed by atoms with Gasteiger partial charge in [-0.15, -0.1) is 0 Å². The molecule has 1 saturated carbocycles. The Morgan fingerprint density at radius 1 is 1.20 bits per heavy atom. The number of hydrogen-bond donors (Lipinski definition) is 0. The molecule has 0 aromatic rings. The number of carbonyl (C=O) groups excluding carboxylic acids is 2. The number of Topliss-reactive ketones (excluding diaryl/α,β-unsaturated/α-hetero) is 1. The number of allylic oxidation sites excluding steroid dienone is 2. The second-order valence-electron chi connectivity index (χ2n) is 11.9. The molecule has 0 aromatic heterocycles. The highest BCUT2D eigenvalue weighted by molar-refractivity contribution is 6.74. The number of carbonyl (C=O) groups is 2. The van der Waals surface area contributed by atoms with Gasteiger partial charge < -0.3 is 9.16 Å². The van der Waals surface area contributed by atoms with E-state index in [1.54, 1.807) is 6.92 Å². The van der Waals surface area contributed by atoms with Crippen LogP contribution in [0.3, 0.4) is 0 Å². The average Bonchev–Trinajstić information content (AvgIpc) is 3.01. The molecule has 0 aromatic carbocycles. The highest BCUT2D eigenvalue weighted by Gasteiger charge is 2.47. The Kier molecular flexibility index (Phi) is 12.8. The first-order chi connectivity index (χ1) is 16.2. The minimum absolute atomic E-state index is 0.0437. The maximum absolute atomic E-state index is 15.1. The van der Waals surface area contributed by atoms with Crippen molar-refractivity contribution in [3.8, 4) is 0 Å². The van der Waals surface area contributed by atoms with Gasteiger partial charge in [0.05, 0.1) is 7.11 Å². The number of alkyl halides is 2. The third-order valence-electron chi connectivity index (χ3n) is 8.02. The molecule has 1 aliphatic rings. The maximum atomic E-state index is 15.1. The number of unbranched alkanes of at least 4 members (excludes halogenated alkanes) is 1. The quantitative estimate of drug-likeness (QED) is 0.0954. The van der Waals surface area contributed by atoms with Crippen molar-refractivity contribution in [3.05, 3.63) is 12.2 Å². The zero-order valence-corrected chi connectivity index (χ0v) is 24.4. The van der Waals surface area contributed by atoms with Crippen molar-refractivity contribution in [1.29, 1.82) is 0 Å². The number of ether oxygens (including phenoxy) is 1. The molecule has 0 heterocycles. The van der Waals surface area contributed by atoms with Gasteiger partial charge in [0.25, 0.3) is 5.92 Å². The van der Waals surface area contributed by atoms with Crippen LogP contribution in [0.4, 0.5) is 8.78 Å². The Hall–Kier alpha value is -1.08. The van der Waals surface area contributed by atoms with Crippen LogP contribution in [0.2, 0.25) is 18.1 Å². The molecule has 1 unspecified atom stereocenters. The van der Waals surface area contributed by atoms with Crippen LogP contribution >= 0.6 is 0 Å². The second kappa shape index (κ2) is 14.0. The molecule has 4 nitrogen and oxygen atoms in total. The van der Waals surface area contributed by atoms with E-state index in [1.807, 2.05) is 25.2 Å². The molecule has 0 N–H and O–H groups in total. The van der Waals surface area contributed by atoms with E-state index in [9.17, 15) is 9.59 Å². The molecule has 0 radical (unpaired) electrons. The number of rotatable bonds is 15. The lowest BCUT2D eigenvalue weighted by Gasteiger charge is -2.41. The third kappa shape index (κ3) is 10.1. The molecule has 1 aliphatic carbocycles. The number of esters is 1. The van der Waals surface area contributed by atoms with Crippen molar-refractivity contribution in [2.45, 2.75) is 129 Å².